The number of hydrogen-bond acceptors (Lipinski definition) is 6. The molecule has 88 valence electrons. The van der Waals surface area contributed by atoms with Gasteiger partial charge in [0.25, 0.3) is 0 Å². The average Bonchev–Trinajstić information content (AvgIpc) is 2.28. The molecular weight excluding hydrogens is 215 g/mol. The molecular formula is C8H13FN6O. The van der Waals surface area contributed by atoms with E-state index in [0.29, 0.717) is 6.54 Å². The van der Waals surface area contributed by atoms with E-state index in [9.17, 15) is 9.18 Å². The van der Waals surface area contributed by atoms with Crippen molar-refractivity contribution in [3.8, 4) is 0 Å². The van der Waals surface area contributed by atoms with Gasteiger partial charge in [0.1, 0.15) is 0 Å². The van der Waals surface area contributed by atoms with Crippen LogP contribution in [-0.4, -0.2) is 29.0 Å². The van der Waals surface area contributed by atoms with Gasteiger partial charge in [0.15, 0.2) is 11.6 Å². The first-order chi connectivity index (χ1) is 7.67. The molecule has 1 heterocycles. The number of nitrogens with one attached hydrogen (secondary N) is 3. The summed E-state index contributed by atoms with van der Waals surface area (Å²) in [7, 11) is 0. The lowest BCUT2D eigenvalue weighted by Gasteiger charge is -2.07. The molecule has 8 heteroatoms. The van der Waals surface area contributed by atoms with E-state index in [4.69, 9.17) is 5.84 Å². The van der Waals surface area contributed by atoms with Gasteiger partial charge in [-0.1, -0.05) is 0 Å². The Balaban J connectivity index is 2.62. The number of carbonyl (C=O) groups excluding carboxylic acids is 1. The van der Waals surface area contributed by atoms with E-state index in [0.717, 1.165) is 6.20 Å². The van der Waals surface area contributed by atoms with Crippen LogP contribution in [0.25, 0.3) is 0 Å². The van der Waals surface area contributed by atoms with Gasteiger partial charge in [0.2, 0.25) is 11.9 Å². The number of carbonyl (C=O) groups is 1. The lowest BCUT2D eigenvalue weighted by Crippen LogP contribution is -2.30. The van der Waals surface area contributed by atoms with Crippen LogP contribution < -0.4 is 21.9 Å². The van der Waals surface area contributed by atoms with Crippen molar-refractivity contribution in [1.29, 1.82) is 0 Å². The first-order valence-corrected chi connectivity index (χ1v) is 4.67. The number of nitrogen functional groups attached to an aromatic ring is 1. The van der Waals surface area contributed by atoms with Gasteiger partial charge in [-0.3, -0.25) is 10.2 Å². The molecule has 1 aromatic heterocycles. The number of hydrazine groups is 1. The van der Waals surface area contributed by atoms with Crippen molar-refractivity contribution in [1.82, 2.24) is 15.3 Å². The maximum Gasteiger partial charge on any atom is 0.239 e. The molecule has 0 fully saturated rings. The minimum absolute atomic E-state index is 0.0637. The highest BCUT2D eigenvalue weighted by molar-refractivity contribution is 5.80. The summed E-state index contributed by atoms with van der Waals surface area (Å²) in [5.41, 5.74) is 2.18. The maximum absolute atomic E-state index is 13.2. The van der Waals surface area contributed by atoms with Crippen LogP contribution >= 0.6 is 0 Å². The van der Waals surface area contributed by atoms with Crippen LogP contribution in [0.15, 0.2) is 6.20 Å². The summed E-state index contributed by atoms with van der Waals surface area (Å²) in [5.74, 6) is 4.17. The van der Waals surface area contributed by atoms with Crippen molar-refractivity contribution in [3.05, 3.63) is 12.0 Å². The summed E-state index contributed by atoms with van der Waals surface area (Å²) in [6.07, 6.45) is 0.961. The van der Waals surface area contributed by atoms with Gasteiger partial charge in [0.05, 0.1) is 12.7 Å². The van der Waals surface area contributed by atoms with Crippen molar-refractivity contribution < 1.29 is 9.18 Å². The van der Waals surface area contributed by atoms with Crippen LogP contribution in [0.5, 0.6) is 0 Å². The van der Waals surface area contributed by atoms with Crippen LogP contribution in [0.3, 0.4) is 0 Å². The van der Waals surface area contributed by atoms with E-state index in [2.05, 4.69) is 26.0 Å². The van der Waals surface area contributed by atoms with Gasteiger partial charge < -0.3 is 10.6 Å². The summed E-state index contributed by atoms with van der Waals surface area (Å²) < 4.78 is 13.2. The highest BCUT2D eigenvalue weighted by Crippen LogP contribution is 2.10. The second kappa shape index (κ2) is 5.81. The highest BCUT2D eigenvalue weighted by atomic mass is 19.1. The first-order valence-electron chi connectivity index (χ1n) is 4.67. The van der Waals surface area contributed by atoms with Crippen LogP contribution in [0.4, 0.5) is 16.2 Å². The average molecular weight is 228 g/mol. The second-order valence-corrected chi connectivity index (χ2v) is 2.84. The smallest absolute Gasteiger partial charge is 0.239 e. The number of hydrogen-bond donors (Lipinski definition) is 4. The summed E-state index contributed by atoms with van der Waals surface area (Å²) in [5, 5.41) is 5.09. The lowest BCUT2D eigenvalue weighted by atomic mass is 10.5. The number of amides is 1. The highest BCUT2D eigenvalue weighted by Gasteiger charge is 2.07. The van der Waals surface area contributed by atoms with E-state index >= 15 is 0 Å². The Kier molecular flexibility index (Phi) is 4.40. The molecule has 0 radical (unpaired) electrons. The number of anilines is 2. The molecule has 7 nitrogen and oxygen atoms in total. The van der Waals surface area contributed by atoms with Gasteiger partial charge in [0, 0.05) is 6.54 Å². The van der Waals surface area contributed by atoms with Crippen molar-refractivity contribution in [2.45, 2.75) is 6.92 Å². The third kappa shape index (κ3) is 3.31. The molecule has 0 atom stereocenters. The van der Waals surface area contributed by atoms with Gasteiger partial charge in [-0.15, -0.1) is 0 Å². The molecule has 0 saturated heterocycles. The van der Waals surface area contributed by atoms with Crippen LogP contribution in [-0.2, 0) is 4.79 Å². The monoisotopic (exact) mass is 228 g/mol. The third-order valence-corrected chi connectivity index (χ3v) is 1.66. The second-order valence-electron chi connectivity index (χ2n) is 2.84. The third-order valence-electron chi connectivity index (χ3n) is 1.66. The Labute approximate surface area is 91.6 Å². The zero-order valence-corrected chi connectivity index (χ0v) is 8.75. The molecule has 0 aromatic carbocycles. The van der Waals surface area contributed by atoms with Crippen LogP contribution in [0, 0.1) is 5.82 Å². The molecule has 0 aliphatic heterocycles. The fourth-order valence-electron chi connectivity index (χ4n) is 0.984. The molecule has 0 bridgehead atoms. The predicted octanol–water partition coefficient (Wildman–Crippen LogP) is -0.551. The Morgan fingerprint density at radius 1 is 1.62 bits per heavy atom. The predicted molar refractivity (Wildman–Crippen MR) is 57.0 cm³/mol. The van der Waals surface area contributed by atoms with Gasteiger partial charge >= 0.3 is 0 Å². The largest absolute Gasteiger partial charge is 0.358 e. The number of halogens is 1. The van der Waals surface area contributed by atoms with Crippen molar-refractivity contribution >= 4 is 17.7 Å². The molecule has 0 saturated carbocycles. The fourth-order valence-corrected chi connectivity index (χ4v) is 0.984. The first kappa shape index (κ1) is 12.1. The fraction of sp³-hybridized carbons (Fsp3) is 0.375. The quantitative estimate of drug-likeness (QED) is 0.398. The number of nitrogens with zero attached hydrogens (tertiary/aromatic N) is 2. The Bertz CT molecular complexity index is 372. The summed E-state index contributed by atoms with van der Waals surface area (Å²) in [6.45, 7) is 2.24. The molecule has 1 amide bonds. The molecule has 5 N–H and O–H groups in total. The molecule has 1 aromatic rings. The van der Waals surface area contributed by atoms with E-state index in [1.807, 2.05) is 0 Å². The summed E-state index contributed by atoms with van der Waals surface area (Å²) in [4.78, 5) is 18.4. The standard InChI is InChI=1S/C8H13FN6O/c1-2-11-6(16)4-12-7-5(9)3-13-8(14-7)15-10/h3H,2,4,10H2,1H3,(H,11,16)(H2,12,13,14,15). The summed E-state index contributed by atoms with van der Waals surface area (Å²) >= 11 is 0. The maximum atomic E-state index is 13.2. The zero-order valence-electron chi connectivity index (χ0n) is 8.75. The van der Waals surface area contributed by atoms with Crippen LogP contribution in [0.1, 0.15) is 6.92 Å². The Morgan fingerprint density at radius 3 is 3.00 bits per heavy atom. The number of likely N-dealkylation sites (N-methyl/N-ethyl adjacent to an activating group) is 1. The van der Waals surface area contributed by atoms with Gasteiger partial charge in [-0.25, -0.2) is 15.2 Å². The molecule has 0 unspecified atom stereocenters. The van der Waals surface area contributed by atoms with E-state index in [-0.39, 0.29) is 24.2 Å². The Hall–Kier alpha value is -1.96. The van der Waals surface area contributed by atoms with E-state index in [1.54, 1.807) is 6.92 Å². The number of aromatic nitrogens is 2. The summed E-state index contributed by atoms with van der Waals surface area (Å²) in [6, 6.07) is 0. The molecule has 16 heavy (non-hydrogen) atoms. The lowest BCUT2D eigenvalue weighted by molar-refractivity contribution is -0.119. The minimum Gasteiger partial charge on any atom is -0.358 e. The van der Waals surface area contributed by atoms with Crippen molar-refractivity contribution in [3.63, 3.8) is 0 Å². The normalized spacial score (nSPS) is 9.69. The number of rotatable bonds is 5. The molecule has 0 spiro atoms. The SMILES string of the molecule is CCNC(=O)CNc1nc(NN)ncc1F. The topological polar surface area (TPSA) is 105 Å². The van der Waals surface area contributed by atoms with Gasteiger partial charge in [-0.2, -0.15) is 4.98 Å². The van der Waals surface area contributed by atoms with Crippen molar-refractivity contribution in [2.24, 2.45) is 5.84 Å². The molecule has 0 aliphatic rings. The van der Waals surface area contributed by atoms with E-state index in [1.165, 1.54) is 0 Å². The zero-order chi connectivity index (χ0) is 12.0. The minimum atomic E-state index is -0.650. The molecule has 1 rings (SSSR count). The Morgan fingerprint density at radius 2 is 2.38 bits per heavy atom. The van der Waals surface area contributed by atoms with Crippen LogP contribution in [0.2, 0.25) is 0 Å². The van der Waals surface area contributed by atoms with E-state index < -0.39 is 5.82 Å². The van der Waals surface area contributed by atoms with Gasteiger partial charge in [-0.05, 0) is 6.92 Å². The molecule has 0 aliphatic carbocycles. The number of nitrogens with two attached hydrogens (primary N) is 1. The van der Waals surface area contributed by atoms with Crippen molar-refractivity contribution in [2.75, 3.05) is 23.8 Å².